The summed E-state index contributed by atoms with van der Waals surface area (Å²) in [5, 5.41) is 15.3. The van der Waals surface area contributed by atoms with Crippen molar-refractivity contribution in [2.24, 2.45) is 5.92 Å². The first-order chi connectivity index (χ1) is 19.2. The highest BCUT2D eigenvalue weighted by atomic mass is 19.1. The molecule has 4 rings (SSSR count). The molecule has 0 saturated carbocycles. The molecule has 0 fully saturated rings. The number of likely N-dealkylation sites (N-methyl/N-ethyl adjacent to an activating group) is 1. The van der Waals surface area contributed by atoms with Crippen molar-refractivity contribution in [3.8, 4) is 5.75 Å². The minimum atomic E-state index is -0.498. The lowest BCUT2D eigenvalue weighted by Crippen LogP contribution is -2.47. The average molecular weight is 550 g/mol. The van der Waals surface area contributed by atoms with E-state index in [0.717, 1.165) is 5.56 Å². The lowest BCUT2D eigenvalue weighted by atomic mass is 10.0. The van der Waals surface area contributed by atoms with Crippen molar-refractivity contribution in [1.29, 1.82) is 0 Å². The van der Waals surface area contributed by atoms with Gasteiger partial charge in [-0.1, -0.05) is 6.92 Å². The molecule has 0 spiro atoms. The molecule has 0 aliphatic carbocycles. The molecule has 1 aromatic heterocycles. The SMILES string of the molecule is C[C@H](CO)N1C[C@H](C)[C@H](CN(C)Cc2ccncc2)Oc2ccc(NC(=O)Nc3ccc(F)cc3)cc2CC1=O. The molecule has 3 atom stereocenters. The lowest BCUT2D eigenvalue weighted by Gasteiger charge is -2.34. The summed E-state index contributed by atoms with van der Waals surface area (Å²) in [6, 6.07) is 13.8. The maximum absolute atomic E-state index is 13.4. The van der Waals surface area contributed by atoms with Gasteiger partial charge in [-0.2, -0.15) is 0 Å². The fourth-order valence-corrected chi connectivity index (χ4v) is 4.72. The van der Waals surface area contributed by atoms with Crippen LogP contribution in [0.15, 0.2) is 67.0 Å². The minimum absolute atomic E-state index is 0.0249. The molecule has 212 valence electrons. The van der Waals surface area contributed by atoms with Crippen molar-refractivity contribution in [1.82, 2.24) is 14.8 Å². The number of carbonyl (C=O) groups excluding carboxylic acids is 2. The van der Waals surface area contributed by atoms with E-state index in [4.69, 9.17) is 4.74 Å². The van der Waals surface area contributed by atoms with Crippen molar-refractivity contribution >= 4 is 23.3 Å². The van der Waals surface area contributed by atoms with Crippen molar-refractivity contribution in [2.75, 3.05) is 37.4 Å². The topological polar surface area (TPSA) is 107 Å². The number of nitrogens with one attached hydrogen (secondary N) is 2. The highest BCUT2D eigenvalue weighted by Gasteiger charge is 2.31. The van der Waals surface area contributed by atoms with Crippen molar-refractivity contribution in [2.45, 2.75) is 39.0 Å². The number of aliphatic hydroxyl groups excluding tert-OH is 1. The molecular weight excluding hydrogens is 513 g/mol. The van der Waals surface area contributed by atoms with E-state index in [9.17, 15) is 19.1 Å². The number of benzene rings is 2. The third kappa shape index (κ3) is 7.77. The molecule has 0 bridgehead atoms. The summed E-state index contributed by atoms with van der Waals surface area (Å²) in [6.45, 7) is 5.49. The molecule has 2 aromatic carbocycles. The van der Waals surface area contributed by atoms with Gasteiger partial charge >= 0.3 is 6.03 Å². The number of hydrogen-bond acceptors (Lipinski definition) is 6. The van der Waals surface area contributed by atoms with Crippen LogP contribution in [0, 0.1) is 11.7 Å². The molecule has 1 aliphatic rings. The Hall–Kier alpha value is -4.02. The zero-order valence-corrected chi connectivity index (χ0v) is 23.0. The Labute approximate surface area is 234 Å². The van der Waals surface area contributed by atoms with Crippen LogP contribution in [0.25, 0.3) is 0 Å². The summed E-state index contributed by atoms with van der Waals surface area (Å²) in [5.74, 6) is 0.0273. The Bertz CT molecular complexity index is 1290. The number of nitrogens with zero attached hydrogens (tertiary/aromatic N) is 3. The molecule has 9 nitrogen and oxygen atoms in total. The van der Waals surface area contributed by atoms with Gasteiger partial charge in [-0.05, 0) is 74.1 Å². The van der Waals surface area contributed by atoms with Crippen LogP contribution in [0.4, 0.5) is 20.6 Å². The van der Waals surface area contributed by atoms with E-state index >= 15 is 0 Å². The number of anilines is 2. The molecule has 0 radical (unpaired) electrons. The normalized spacial score (nSPS) is 18.1. The summed E-state index contributed by atoms with van der Waals surface area (Å²) < 4.78 is 19.7. The summed E-state index contributed by atoms with van der Waals surface area (Å²) >= 11 is 0. The minimum Gasteiger partial charge on any atom is -0.488 e. The van der Waals surface area contributed by atoms with Crippen LogP contribution >= 0.6 is 0 Å². The molecule has 2 heterocycles. The Morgan fingerprint density at radius 2 is 1.82 bits per heavy atom. The van der Waals surface area contributed by atoms with E-state index < -0.39 is 11.8 Å². The number of hydrogen-bond donors (Lipinski definition) is 3. The fraction of sp³-hybridized carbons (Fsp3) is 0.367. The number of halogens is 1. The predicted octanol–water partition coefficient (Wildman–Crippen LogP) is 4.15. The highest BCUT2D eigenvalue weighted by molar-refractivity contribution is 5.99. The smallest absolute Gasteiger partial charge is 0.323 e. The molecule has 3 amide bonds. The van der Waals surface area contributed by atoms with Crippen LogP contribution in [-0.4, -0.2) is 70.7 Å². The van der Waals surface area contributed by atoms with Crippen molar-refractivity contribution < 1.29 is 23.8 Å². The molecule has 40 heavy (non-hydrogen) atoms. The second-order valence-corrected chi connectivity index (χ2v) is 10.3. The number of aromatic nitrogens is 1. The van der Waals surface area contributed by atoms with Gasteiger partial charge in [0.1, 0.15) is 17.7 Å². The Kier molecular flexibility index (Phi) is 9.68. The second-order valence-electron chi connectivity index (χ2n) is 10.3. The van der Waals surface area contributed by atoms with E-state index in [1.165, 1.54) is 24.3 Å². The average Bonchev–Trinajstić information content (AvgIpc) is 2.97. The Morgan fingerprint density at radius 1 is 1.15 bits per heavy atom. The predicted molar refractivity (Wildman–Crippen MR) is 152 cm³/mol. The molecule has 3 aromatic rings. The summed E-state index contributed by atoms with van der Waals surface area (Å²) in [4.78, 5) is 33.9. The number of ether oxygens (including phenoxy) is 1. The Balaban J connectivity index is 1.55. The van der Waals surface area contributed by atoms with Gasteiger partial charge in [0, 0.05) is 54.9 Å². The molecular formula is C30H36FN5O4. The number of fused-ring (bicyclic) bond motifs is 1. The van der Waals surface area contributed by atoms with Gasteiger partial charge in [-0.15, -0.1) is 0 Å². The zero-order chi connectivity index (χ0) is 28.6. The first-order valence-electron chi connectivity index (χ1n) is 13.3. The van der Waals surface area contributed by atoms with Crippen LogP contribution in [0.5, 0.6) is 5.75 Å². The van der Waals surface area contributed by atoms with E-state index in [2.05, 4.69) is 27.4 Å². The molecule has 0 saturated heterocycles. The zero-order valence-electron chi connectivity index (χ0n) is 23.0. The number of rotatable bonds is 8. The number of pyridine rings is 1. The third-order valence-corrected chi connectivity index (χ3v) is 6.97. The summed E-state index contributed by atoms with van der Waals surface area (Å²) in [6.07, 6.45) is 3.35. The van der Waals surface area contributed by atoms with E-state index in [-0.39, 0.29) is 37.0 Å². The largest absolute Gasteiger partial charge is 0.488 e. The summed E-state index contributed by atoms with van der Waals surface area (Å²) in [7, 11) is 2.02. The monoisotopic (exact) mass is 549 g/mol. The van der Waals surface area contributed by atoms with Crippen molar-refractivity contribution in [3.63, 3.8) is 0 Å². The van der Waals surface area contributed by atoms with E-state index in [1.54, 1.807) is 35.5 Å². The van der Waals surface area contributed by atoms with Gasteiger partial charge in [0.05, 0.1) is 19.1 Å². The van der Waals surface area contributed by atoms with Crippen LogP contribution in [0.2, 0.25) is 0 Å². The van der Waals surface area contributed by atoms with E-state index in [0.29, 0.717) is 42.3 Å². The Morgan fingerprint density at radius 3 is 2.52 bits per heavy atom. The van der Waals surface area contributed by atoms with E-state index in [1.807, 2.05) is 26.1 Å². The van der Waals surface area contributed by atoms with Gasteiger partial charge in [0.2, 0.25) is 5.91 Å². The molecule has 3 N–H and O–H groups in total. The van der Waals surface area contributed by atoms with Gasteiger partial charge in [0.25, 0.3) is 0 Å². The molecule has 0 unspecified atom stereocenters. The van der Waals surface area contributed by atoms with Gasteiger partial charge < -0.3 is 25.4 Å². The van der Waals surface area contributed by atoms with Crippen LogP contribution in [-0.2, 0) is 17.8 Å². The first kappa shape index (κ1) is 29.0. The number of amides is 3. The first-order valence-corrected chi connectivity index (χ1v) is 13.3. The van der Waals surface area contributed by atoms with Crippen LogP contribution < -0.4 is 15.4 Å². The van der Waals surface area contributed by atoms with Gasteiger partial charge in [-0.25, -0.2) is 9.18 Å². The van der Waals surface area contributed by atoms with Gasteiger partial charge in [-0.3, -0.25) is 14.7 Å². The second kappa shape index (κ2) is 13.4. The van der Waals surface area contributed by atoms with Crippen molar-refractivity contribution in [3.05, 3.63) is 83.9 Å². The fourth-order valence-electron chi connectivity index (χ4n) is 4.72. The number of aliphatic hydroxyl groups is 1. The molecule has 1 aliphatic heterocycles. The quantitative estimate of drug-likeness (QED) is 0.390. The van der Waals surface area contributed by atoms with Crippen LogP contribution in [0.1, 0.15) is 25.0 Å². The van der Waals surface area contributed by atoms with Crippen LogP contribution in [0.3, 0.4) is 0 Å². The highest BCUT2D eigenvalue weighted by Crippen LogP contribution is 2.29. The number of carbonyl (C=O) groups is 2. The third-order valence-electron chi connectivity index (χ3n) is 6.97. The maximum atomic E-state index is 13.4. The number of urea groups is 1. The van der Waals surface area contributed by atoms with Gasteiger partial charge in [0.15, 0.2) is 0 Å². The standard InChI is InChI=1S/C30H36FN5O4/c1-20-16-36(21(2)19-37)29(38)15-23-14-26(34-30(39)33-25-6-4-24(31)5-7-25)8-9-27(23)40-28(20)18-35(3)17-22-10-12-32-13-11-22/h4-14,20-21,28,37H,15-19H2,1-3H3,(H2,33,34,39)/t20-,21+,28-/m0/s1. The molecule has 10 heteroatoms. The summed E-state index contributed by atoms with van der Waals surface area (Å²) in [5.41, 5.74) is 2.70. The maximum Gasteiger partial charge on any atom is 0.323 e. The lowest BCUT2D eigenvalue weighted by molar-refractivity contribution is -0.134.